The van der Waals surface area contributed by atoms with Gasteiger partial charge >= 0.3 is 5.97 Å². The number of ketones is 1. The van der Waals surface area contributed by atoms with Crippen LogP contribution < -0.4 is 9.47 Å². The molecule has 4 aromatic rings. The smallest absolute Gasteiger partial charge is 0.347 e. The number of carbonyl (C=O) groups is 2. The van der Waals surface area contributed by atoms with Crippen molar-refractivity contribution in [2.75, 3.05) is 6.61 Å². The summed E-state index contributed by atoms with van der Waals surface area (Å²) in [5.41, 5.74) is 2.19. The lowest BCUT2D eigenvalue weighted by Gasteiger charge is -2.06. The SMILES string of the molecule is CCOc1ccc2oc(C)c(C(=O)Oc3cccc(C=CC(=O)c4ccc(Cl)cc4)c3)c2c1. The predicted molar refractivity (Wildman–Crippen MR) is 128 cm³/mol. The number of hydrogen-bond donors (Lipinski definition) is 0. The first-order valence-corrected chi connectivity index (χ1v) is 10.8. The Kier molecular flexibility index (Phi) is 6.61. The number of furan rings is 1. The highest BCUT2D eigenvalue weighted by Gasteiger charge is 2.21. The molecule has 0 amide bonds. The maximum absolute atomic E-state index is 13.0. The molecule has 0 fully saturated rings. The Morgan fingerprint density at radius 3 is 2.55 bits per heavy atom. The van der Waals surface area contributed by atoms with E-state index in [1.54, 1.807) is 73.7 Å². The third-order valence-electron chi connectivity index (χ3n) is 4.98. The van der Waals surface area contributed by atoms with Crippen molar-refractivity contribution < 1.29 is 23.5 Å². The van der Waals surface area contributed by atoms with Crippen LogP contribution in [0.1, 0.15) is 39.0 Å². The van der Waals surface area contributed by atoms with Gasteiger partial charge in [-0.3, -0.25) is 4.79 Å². The van der Waals surface area contributed by atoms with E-state index in [0.717, 1.165) is 5.56 Å². The lowest BCUT2D eigenvalue weighted by molar-refractivity contribution is 0.0734. The molecule has 0 atom stereocenters. The molecular weight excluding hydrogens is 440 g/mol. The minimum absolute atomic E-state index is 0.153. The van der Waals surface area contributed by atoms with Crippen molar-refractivity contribution in [3.8, 4) is 11.5 Å². The van der Waals surface area contributed by atoms with Gasteiger partial charge in [0.15, 0.2) is 5.78 Å². The van der Waals surface area contributed by atoms with Gasteiger partial charge in [-0.15, -0.1) is 0 Å². The van der Waals surface area contributed by atoms with Crippen LogP contribution in [0.25, 0.3) is 17.0 Å². The zero-order valence-corrected chi connectivity index (χ0v) is 18.9. The monoisotopic (exact) mass is 460 g/mol. The van der Waals surface area contributed by atoms with Crippen LogP contribution in [-0.2, 0) is 0 Å². The van der Waals surface area contributed by atoms with Gasteiger partial charge in [0.1, 0.15) is 28.4 Å². The lowest BCUT2D eigenvalue weighted by Crippen LogP contribution is -2.09. The average Bonchev–Trinajstić information content (AvgIpc) is 3.13. The maximum Gasteiger partial charge on any atom is 0.347 e. The van der Waals surface area contributed by atoms with Crippen LogP contribution in [0.5, 0.6) is 11.5 Å². The zero-order chi connectivity index (χ0) is 23.4. The van der Waals surface area contributed by atoms with E-state index in [0.29, 0.717) is 51.0 Å². The number of rotatable bonds is 7. The molecule has 166 valence electrons. The maximum atomic E-state index is 13.0. The number of benzene rings is 3. The van der Waals surface area contributed by atoms with Crippen molar-refractivity contribution in [2.45, 2.75) is 13.8 Å². The standard InChI is InChI=1S/C27H21ClO5/c1-3-31-21-12-14-25-23(16-21)26(17(2)32-25)27(30)33-22-6-4-5-18(15-22)7-13-24(29)19-8-10-20(28)11-9-19/h4-16H,3H2,1-2H3. The van der Waals surface area contributed by atoms with Crippen LogP contribution in [0.2, 0.25) is 5.02 Å². The molecule has 0 radical (unpaired) electrons. The summed E-state index contributed by atoms with van der Waals surface area (Å²) < 4.78 is 16.9. The summed E-state index contributed by atoms with van der Waals surface area (Å²) in [6.07, 6.45) is 3.13. The second-order valence-electron chi connectivity index (χ2n) is 7.29. The van der Waals surface area contributed by atoms with Crippen molar-refractivity contribution >= 4 is 40.4 Å². The third-order valence-corrected chi connectivity index (χ3v) is 5.23. The van der Waals surface area contributed by atoms with E-state index < -0.39 is 5.97 Å². The average molecular weight is 461 g/mol. The minimum Gasteiger partial charge on any atom is -0.494 e. The summed E-state index contributed by atoms with van der Waals surface area (Å²) >= 11 is 5.87. The molecule has 6 heteroatoms. The Labute approximate surface area is 196 Å². The fourth-order valence-corrected chi connectivity index (χ4v) is 3.56. The van der Waals surface area contributed by atoms with Crippen LogP contribution in [0.4, 0.5) is 0 Å². The number of aryl methyl sites for hydroxylation is 1. The Morgan fingerprint density at radius 2 is 1.79 bits per heavy atom. The second-order valence-corrected chi connectivity index (χ2v) is 7.73. The van der Waals surface area contributed by atoms with Gasteiger partial charge in [0, 0.05) is 16.0 Å². The van der Waals surface area contributed by atoms with E-state index in [2.05, 4.69) is 0 Å². The molecule has 0 aliphatic heterocycles. The van der Waals surface area contributed by atoms with Gasteiger partial charge in [-0.25, -0.2) is 4.79 Å². The summed E-state index contributed by atoms with van der Waals surface area (Å²) in [6.45, 7) is 4.13. The van der Waals surface area contributed by atoms with E-state index in [-0.39, 0.29) is 5.78 Å². The number of hydrogen-bond acceptors (Lipinski definition) is 5. The van der Waals surface area contributed by atoms with Gasteiger partial charge in [0.2, 0.25) is 0 Å². The molecule has 0 aliphatic rings. The number of ether oxygens (including phenoxy) is 2. The van der Waals surface area contributed by atoms with Gasteiger partial charge < -0.3 is 13.9 Å². The molecule has 0 unspecified atom stereocenters. The highest BCUT2D eigenvalue weighted by molar-refractivity contribution is 6.30. The number of fused-ring (bicyclic) bond motifs is 1. The quantitative estimate of drug-likeness (QED) is 0.130. The highest BCUT2D eigenvalue weighted by Crippen LogP contribution is 2.30. The number of esters is 1. The van der Waals surface area contributed by atoms with Gasteiger partial charge in [-0.1, -0.05) is 29.8 Å². The van der Waals surface area contributed by atoms with Crippen LogP contribution in [0.15, 0.2) is 77.2 Å². The molecule has 0 aliphatic carbocycles. The minimum atomic E-state index is -0.529. The summed E-state index contributed by atoms with van der Waals surface area (Å²) in [7, 11) is 0. The van der Waals surface area contributed by atoms with Gasteiger partial charge in [0.05, 0.1) is 6.61 Å². The predicted octanol–water partition coefficient (Wildman–Crippen LogP) is 6.91. The molecule has 3 aromatic carbocycles. The third kappa shape index (κ3) is 5.16. The lowest BCUT2D eigenvalue weighted by atomic mass is 10.1. The molecule has 0 bridgehead atoms. The van der Waals surface area contributed by atoms with E-state index in [4.69, 9.17) is 25.5 Å². The highest BCUT2D eigenvalue weighted by atomic mass is 35.5. The molecule has 0 saturated carbocycles. The molecular formula is C27H21ClO5. The number of halogens is 1. The topological polar surface area (TPSA) is 65.7 Å². The number of carbonyl (C=O) groups excluding carboxylic acids is 2. The molecule has 33 heavy (non-hydrogen) atoms. The molecule has 0 saturated heterocycles. The summed E-state index contributed by atoms with van der Waals surface area (Å²) in [5.74, 6) is 0.791. The Morgan fingerprint density at radius 1 is 1.00 bits per heavy atom. The van der Waals surface area contributed by atoms with Gasteiger partial charge in [-0.05, 0) is 80.1 Å². The molecule has 4 rings (SSSR count). The van der Waals surface area contributed by atoms with Crippen molar-refractivity contribution in [1.29, 1.82) is 0 Å². The Balaban J connectivity index is 1.53. The van der Waals surface area contributed by atoms with Crippen LogP contribution in [0, 0.1) is 6.92 Å². The van der Waals surface area contributed by atoms with Crippen LogP contribution >= 0.6 is 11.6 Å². The fourth-order valence-electron chi connectivity index (χ4n) is 3.43. The fraction of sp³-hybridized carbons (Fsp3) is 0.111. The van der Waals surface area contributed by atoms with E-state index >= 15 is 0 Å². The van der Waals surface area contributed by atoms with Crippen molar-refractivity contribution in [1.82, 2.24) is 0 Å². The van der Waals surface area contributed by atoms with Crippen LogP contribution in [0.3, 0.4) is 0 Å². The normalized spacial score (nSPS) is 11.1. The molecule has 0 spiro atoms. The summed E-state index contributed by atoms with van der Waals surface area (Å²) in [6, 6.07) is 18.9. The molecule has 1 aromatic heterocycles. The summed E-state index contributed by atoms with van der Waals surface area (Å²) in [5, 5.41) is 1.20. The molecule has 1 heterocycles. The van der Waals surface area contributed by atoms with Gasteiger partial charge in [0.25, 0.3) is 0 Å². The molecule has 5 nitrogen and oxygen atoms in total. The Bertz CT molecular complexity index is 1350. The van der Waals surface area contributed by atoms with E-state index in [1.165, 1.54) is 6.08 Å². The largest absolute Gasteiger partial charge is 0.494 e. The first kappa shape index (κ1) is 22.4. The number of allylic oxidation sites excluding steroid dienone is 1. The summed E-state index contributed by atoms with van der Waals surface area (Å²) in [4.78, 5) is 25.3. The van der Waals surface area contributed by atoms with Crippen molar-refractivity contribution in [3.05, 3.63) is 100 Å². The molecule has 0 N–H and O–H groups in total. The van der Waals surface area contributed by atoms with Crippen LogP contribution in [-0.4, -0.2) is 18.4 Å². The first-order chi connectivity index (χ1) is 15.9. The first-order valence-electron chi connectivity index (χ1n) is 10.4. The van der Waals surface area contributed by atoms with Crippen molar-refractivity contribution in [2.24, 2.45) is 0 Å². The van der Waals surface area contributed by atoms with Crippen molar-refractivity contribution in [3.63, 3.8) is 0 Å². The zero-order valence-electron chi connectivity index (χ0n) is 18.1. The Hall–Kier alpha value is -3.83. The van der Waals surface area contributed by atoms with E-state index in [9.17, 15) is 9.59 Å². The second kappa shape index (κ2) is 9.76. The van der Waals surface area contributed by atoms with Gasteiger partial charge in [-0.2, -0.15) is 0 Å². The van der Waals surface area contributed by atoms with E-state index in [1.807, 2.05) is 13.0 Å².